The molecule has 6 nitrogen and oxygen atoms in total. The second kappa shape index (κ2) is 14.8. The van der Waals surface area contributed by atoms with E-state index in [4.69, 9.17) is 14.2 Å². The van der Waals surface area contributed by atoms with Crippen molar-refractivity contribution in [1.82, 2.24) is 10.6 Å². The van der Waals surface area contributed by atoms with Crippen LogP contribution in [0.4, 0.5) is 4.39 Å². The molecular formula is C16H33FN2O4. The quantitative estimate of drug-likeness (QED) is 0.439. The van der Waals surface area contributed by atoms with Gasteiger partial charge < -0.3 is 24.8 Å². The molecule has 0 aromatic heterocycles. The Morgan fingerprint density at radius 1 is 0.957 bits per heavy atom. The minimum absolute atomic E-state index is 0.0177. The molecule has 2 N–H and O–H groups in total. The normalized spacial score (nSPS) is 12.8. The topological polar surface area (TPSA) is 68.8 Å². The zero-order valence-electron chi connectivity index (χ0n) is 14.9. The Hall–Kier alpha value is -0.760. The Bertz CT molecular complexity index is 291. The SMILES string of the molecule is CC(C)NCCOCCOCCOCC(F)CNC(=O)C(C)C. The van der Waals surface area contributed by atoms with Gasteiger partial charge in [0.15, 0.2) is 0 Å². The van der Waals surface area contributed by atoms with Gasteiger partial charge in [-0.25, -0.2) is 4.39 Å². The second-order valence-electron chi connectivity index (χ2n) is 5.91. The van der Waals surface area contributed by atoms with Gasteiger partial charge >= 0.3 is 0 Å². The summed E-state index contributed by atoms with van der Waals surface area (Å²) >= 11 is 0. The average molecular weight is 336 g/mol. The van der Waals surface area contributed by atoms with E-state index < -0.39 is 6.17 Å². The highest BCUT2D eigenvalue weighted by molar-refractivity contribution is 5.77. The van der Waals surface area contributed by atoms with Gasteiger partial charge in [0.2, 0.25) is 5.91 Å². The molecule has 138 valence electrons. The van der Waals surface area contributed by atoms with Gasteiger partial charge in [0.05, 0.1) is 46.2 Å². The third kappa shape index (κ3) is 15.9. The lowest BCUT2D eigenvalue weighted by Crippen LogP contribution is -2.35. The molecule has 0 aliphatic heterocycles. The number of amides is 1. The number of alkyl halides is 1. The first kappa shape index (κ1) is 22.2. The predicted molar refractivity (Wildman–Crippen MR) is 88.3 cm³/mol. The molecule has 0 spiro atoms. The predicted octanol–water partition coefficient (Wildman–Crippen LogP) is 1.14. The molecule has 0 aromatic carbocycles. The standard InChI is InChI=1S/C16H33FN2O4/c1-13(2)16(20)19-11-15(17)12-23-10-9-22-8-7-21-6-5-18-14(3)4/h13-15,18H,5-12H2,1-4H3,(H,19,20). The van der Waals surface area contributed by atoms with Crippen LogP contribution in [-0.4, -0.2) is 70.9 Å². The van der Waals surface area contributed by atoms with E-state index in [1.807, 2.05) is 0 Å². The molecule has 0 heterocycles. The van der Waals surface area contributed by atoms with Crippen molar-refractivity contribution in [3.63, 3.8) is 0 Å². The van der Waals surface area contributed by atoms with Crippen LogP contribution in [0, 0.1) is 5.92 Å². The van der Waals surface area contributed by atoms with Crippen molar-refractivity contribution in [3.8, 4) is 0 Å². The number of ether oxygens (including phenoxy) is 3. The van der Waals surface area contributed by atoms with Crippen molar-refractivity contribution in [3.05, 3.63) is 0 Å². The van der Waals surface area contributed by atoms with Gasteiger partial charge in [-0.2, -0.15) is 0 Å². The highest BCUT2D eigenvalue weighted by atomic mass is 19.1. The fourth-order valence-corrected chi connectivity index (χ4v) is 1.55. The van der Waals surface area contributed by atoms with Crippen molar-refractivity contribution < 1.29 is 23.4 Å². The molecule has 0 aliphatic carbocycles. The summed E-state index contributed by atoms with van der Waals surface area (Å²) in [4.78, 5) is 11.3. The van der Waals surface area contributed by atoms with Crippen molar-refractivity contribution in [1.29, 1.82) is 0 Å². The van der Waals surface area contributed by atoms with E-state index in [-0.39, 0.29) is 25.0 Å². The van der Waals surface area contributed by atoms with Crippen LogP contribution in [0.25, 0.3) is 0 Å². The van der Waals surface area contributed by atoms with Crippen LogP contribution in [0.2, 0.25) is 0 Å². The van der Waals surface area contributed by atoms with Crippen molar-refractivity contribution in [2.75, 3.05) is 52.7 Å². The van der Waals surface area contributed by atoms with E-state index in [1.54, 1.807) is 13.8 Å². The largest absolute Gasteiger partial charge is 0.378 e. The molecule has 1 amide bonds. The Morgan fingerprint density at radius 2 is 1.52 bits per heavy atom. The molecule has 0 rings (SSSR count). The Kier molecular flexibility index (Phi) is 14.3. The maximum Gasteiger partial charge on any atom is 0.222 e. The third-order valence-electron chi connectivity index (χ3n) is 2.86. The van der Waals surface area contributed by atoms with Crippen LogP contribution in [0.3, 0.4) is 0 Å². The lowest BCUT2D eigenvalue weighted by molar-refractivity contribution is -0.124. The van der Waals surface area contributed by atoms with Gasteiger partial charge in [-0.1, -0.05) is 27.7 Å². The fourth-order valence-electron chi connectivity index (χ4n) is 1.55. The molecular weight excluding hydrogens is 303 g/mol. The summed E-state index contributed by atoms with van der Waals surface area (Å²) in [5, 5.41) is 5.78. The Morgan fingerprint density at radius 3 is 2.09 bits per heavy atom. The van der Waals surface area contributed by atoms with E-state index in [9.17, 15) is 9.18 Å². The maximum absolute atomic E-state index is 13.4. The Balaban J connectivity index is 3.25. The van der Waals surface area contributed by atoms with E-state index in [0.29, 0.717) is 39.1 Å². The second-order valence-corrected chi connectivity index (χ2v) is 5.91. The summed E-state index contributed by atoms with van der Waals surface area (Å²) in [6.07, 6.45) is -1.20. The maximum atomic E-state index is 13.4. The molecule has 1 atom stereocenters. The number of halogens is 1. The lowest BCUT2D eigenvalue weighted by atomic mass is 10.2. The van der Waals surface area contributed by atoms with Crippen LogP contribution in [-0.2, 0) is 19.0 Å². The number of carbonyl (C=O) groups is 1. The van der Waals surface area contributed by atoms with Crippen molar-refractivity contribution in [2.24, 2.45) is 5.92 Å². The number of carbonyl (C=O) groups excluding carboxylic acids is 1. The van der Waals surface area contributed by atoms with E-state index in [0.717, 1.165) is 6.54 Å². The van der Waals surface area contributed by atoms with Gasteiger partial charge in [0.25, 0.3) is 0 Å². The molecule has 0 saturated carbocycles. The molecule has 1 unspecified atom stereocenters. The first-order valence-electron chi connectivity index (χ1n) is 8.31. The van der Waals surface area contributed by atoms with Crippen molar-refractivity contribution in [2.45, 2.75) is 39.9 Å². The molecule has 0 bridgehead atoms. The van der Waals surface area contributed by atoms with Crippen LogP contribution < -0.4 is 10.6 Å². The summed E-state index contributed by atoms with van der Waals surface area (Å²) in [6, 6.07) is 0.463. The van der Waals surface area contributed by atoms with E-state index >= 15 is 0 Å². The number of hydrogen-bond acceptors (Lipinski definition) is 5. The first-order valence-corrected chi connectivity index (χ1v) is 8.31. The highest BCUT2D eigenvalue weighted by Crippen LogP contribution is 1.94. The summed E-state index contributed by atoms with van der Waals surface area (Å²) < 4.78 is 29.3. The number of nitrogens with one attached hydrogen (secondary N) is 2. The molecule has 0 radical (unpaired) electrons. The summed E-state index contributed by atoms with van der Waals surface area (Å²) in [7, 11) is 0. The molecule has 7 heteroatoms. The smallest absolute Gasteiger partial charge is 0.222 e. The summed E-state index contributed by atoms with van der Waals surface area (Å²) in [6.45, 7) is 10.9. The average Bonchev–Trinajstić information content (AvgIpc) is 2.49. The van der Waals surface area contributed by atoms with E-state index in [1.165, 1.54) is 0 Å². The molecule has 0 saturated heterocycles. The summed E-state index contributed by atoms with van der Waals surface area (Å²) in [5.74, 6) is -0.292. The lowest BCUT2D eigenvalue weighted by Gasteiger charge is -2.12. The third-order valence-corrected chi connectivity index (χ3v) is 2.86. The van der Waals surface area contributed by atoms with Crippen LogP contribution in [0.1, 0.15) is 27.7 Å². The van der Waals surface area contributed by atoms with Gasteiger partial charge in [-0.15, -0.1) is 0 Å². The zero-order chi connectivity index (χ0) is 17.5. The van der Waals surface area contributed by atoms with Gasteiger partial charge in [0, 0.05) is 18.5 Å². The van der Waals surface area contributed by atoms with Gasteiger partial charge in [0.1, 0.15) is 6.17 Å². The van der Waals surface area contributed by atoms with Crippen molar-refractivity contribution >= 4 is 5.91 Å². The first-order chi connectivity index (χ1) is 10.9. The molecule has 23 heavy (non-hydrogen) atoms. The van der Waals surface area contributed by atoms with Crippen LogP contribution >= 0.6 is 0 Å². The minimum Gasteiger partial charge on any atom is -0.378 e. The summed E-state index contributed by atoms with van der Waals surface area (Å²) in [5.41, 5.74) is 0. The van der Waals surface area contributed by atoms with Crippen LogP contribution in [0.5, 0.6) is 0 Å². The Labute approximate surface area is 139 Å². The van der Waals surface area contributed by atoms with Gasteiger partial charge in [-0.3, -0.25) is 4.79 Å². The van der Waals surface area contributed by atoms with Crippen LogP contribution in [0.15, 0.2) is 0 Å². The molecule has 0 aliphatic rings. The van der Waals surface area contributed by atoms with Gasteiger partial charge in [-0.05, 0) is 0 Å². The number of rotatable bonds is 15. The molecule has 0 aromatic rings. The fraction of sp³-hybridized carbons (Fsp3) is 0.938. The van der Waals surface area contributed by atoms with E-state index in [2.05, 4.69) is 24.5 Å². The number of hydrogen-bond donors (Lipinski definition) is 2. The molecule has 0 fully saturated rings. The minimum atomic E-state index is -1.20. The monoisotopic (exact) mass is 336 g/mol. The zero-order valence-corrected chi connectivity index (χ0v) is 14.9. The highest BCUT2D eigenvalue weighted by Gasteiger charge is 2.11.